The van der Waals surface area contributed by atoms with Crippen LogP contribution < -0.4 is 9.47 Å². The number of hydrogen-bond donors (Lipinski definition) is 0. The molecule has 5 aromatic rings. The number of aryl methyl sites for hydroxylation is 1. The molecule has 1 saturated heterocycles. The fourth-order valence-corrected chi connectivity index (χ4v) is 5.49. The number of likely N-dealkylation sites (tertiary alicyclic amines) is 1. The zero-order valence-corrected chi connectivity index (χ0v) is 23.7. The molecule has 0 amide bonds. The van der Waals surface area contributed by atoms with Crippen LogP contribution in [0.1, 0.15) is 44.7 Å². The summed E-state index contributed by atoms with van der Waals surface area (Å²) in [6.07, 6.45) is 2.52. The Labute approximate surface area is 246 Å². The van der Waals surface area contributed by atoms with E-state index in [9.17, 15) is 9.59 Å². The van der Waals surface area contributed by atoms with Crippen LogP contribution in [0.2, 0.25) is 0 Å². The van der Waals surface area contributed by atoms with Crippen LogP contribution in [0, 0.1) is 6.92 Å². The highest BCUT2D eigenvalue weighted by atomic mass is 16.5. The van der Waals surface area contributed by atoms with E-state index in [4.69, 9.17) is 9.47 Å². The van der Waals surface area contributed by atoms with Crippen molar-refractivity contribution in [1.29, 1.82) is 0 Å². The van der Waals surface area contributed by atoms with Crippen molar-refractivity contribution in [2.45, 2.75) is 19.8 Å². The molecule has 5 aromatic carbocycles. The van der Waals surface area contributed by atoms with Crippen LogP contribution in [0.15, 0.2) is 109 Å². The van der Waals surface area contributed by atoms with E-state index in [1.165, 1.54) is 12.8 Å². The minimum atomic E-state index is -0.426. The molecule has 0 spiro atoms. The van der Waals surface area contributed by atoms with Crippen molar-refractivity contribution >= 4 is 22.5 Å². The third-order valence-electron chi connectivity index (χ3n) is 7.79. The first kappa shape index (κ1) is 27.4. The van der Waals surface area contributed by atoms with Gasteiger partial charge in [0, 0.05) is 17.7 Å². The van der Waals surface area contributed by atoms with Crippen molar-refractivity contribution in [2.75, 3.05) is 26.2 Å². The summed E-state index contributed by atoms with van der Waals surface area (Å²) in [5.41, 5.74) is 4.31. The van der Waals surface area contributed by atoms with Gasteiger partial charge in [0.2, 0.25) is 0 Å². The summed E-state index contributed by atoms with van der Waals surface area (Å²) in [5.74, 6) is 0.671. The van der Waals surface area contributed by atoms with Gasteiger partial charge in [-0.05, 0) is 103 Å². The van der Waals surface area contributed by atoms with Gasteiger partial charge in [-0.15, -0.1) is 0 Å². The fraction of sp³-hybridized carbons (Fsp3) is 0.189. The Kier molecular flexibility index (Phi) is 8.11. The van der Waals surface area contributed by atoms with Crippen LogP contribution in [0.3, 0.4) is 0 Å². The van der Waals surface area contributed by atoms with E-state index >= 15 is 0 Å². The predicted molar refractivity (Wildman–Crippen MR) is 167 cm³/mol. The first-order chi connectivity index (χ1) is 20.5. The molecule has 0 N–H and O–H groups in total. The Morgan fingerprint density at radius 1 is 0.738 bits per heavy atom. The zero-order valence-electron chi connectivity index (χ0n) is 23.7. The van der Waals surface area contributed by atoms with Crippen LogP contribution in [0.25, 0.3) is 21.9 Å². The summed E-state index contributed by atoms with van der Waals surface area (Å²) in [5, 5.41) is 1.85. The number of benzene rings is 5. The quantitative estimate of drug-likeness (QED) is 0.106. The molecule has 0 bridgehead atoms. The van der Waals surface area contributed by atoms with Gasteiger partial charge in [0.25, 0.3) is 0 Å². The Bertz CT molecular complexity index is 1720. The van der Waals surface area contributed by atoms with Crippen molar-refractivity contribution in [3.63, 3.8) is 0 Å². The summed E-state index contributed by atoms with van der Waals surface area (Å²) in [4.78, 5) is 29.3. The highest BCUT2D eigenvalue weighted by Crippen LogP contribution is 2.34. The average Bonchev–Trinajstić information content (AvgIpc) is 3.54. The van der Waals surface area contributed by atoms with E-state index in [2.05, 4.69) is 4.90 Å². The number of hydrogen-bond acceptors (Lipinski definition) is 5. The van der Waals surface area contributed by atoms with Crippen molar-refractivity contribution in [2.24, 2.45) is 0 Å². The maximum Gasteiger partial charge on any atom is 0.343 e. The molecule has 5 nitrogen and oxygen atoms in total. The lowest BCUT2D eigenvalue weighted by Crippen LogP contribution is -2.25. The molecule has 0 saturated carbocycles. The van der Waals surface area contributed by atoms with Crippen LogP contribution in [-0.4, -0.2) is 42.9 Å². The Morgan fingerprint density at radius 3 is 2.26 bits per heavy atom. The lowest BCUT2D eigenvalue weighted by atomic mass is 9.89. The number of fused-ring (bicyclic) bond motifs is 1. The van der Waals surface area contributed by atoms with Gasteiger partial charge in [-0.2, -0.15) is 0 Å². The van der Waals surface area contributed by atoms with Gasteiger partial charge in [-0.3, -0.25) is 9.69 Å². The van der Waals surface area contributed by atoms with E-state index < -0.39 is 5.97 Å². The zero-order chi connectivity index (χ0) is 28.9. The first-order valence-corrected chi connectivity index (χ1v) is 14.5. The molecule has 6 rings (SSSR count). The van der Waals surface area contributed by atoms with E-state index in [0.29, 0.717) is 29.0 Å². The summed E-state index contributed by atoms with van der Waals surface area (Å²) in [6, 6.07) is 33.9. The van der Waals surface area contributed by atoms with Gasteiger partial charge in [-0.1, -0.05) is 66.2 Å². The fourth-order valence-electron chi connectivity index (χ4n) is 5.49. The molecular weight excluding hydrogens is 522 g/mol. The van der Waals surface area contributed by atoms with Crippen molar-refractivity contribution in [3.05, 3.63) is 131 Å². The molecule has 210 valence electrons. The molecule has 0 aliphatic carbocycles. The van der Waals surface area contributed by atoms with Crippen molar-refractivity contribution in [1.82, 2.24) is 4.90 Å². The number of nitrogens with zero attached hydrogens (tertiary/aromatic N) is 1. The van der Waals surface area contributed by atoms with Crippen molar-refractivity contribution < 1.29 is 19.1 Å². The third kappa shape index (κ3) is 6.12. The maximum atomic E-state index is 14.1. The maximum absolute atomic E-state index is 14.1. The van der Waals surface area contributed by atoms with Gasteiger partial charge in [-0.25, -0.2) is 4.79 Å². The minimum absolute atomic E-state index is 0.0764. The minimum Gasteiger partial charge on any atom is -0.492 e. The smallest absolute Gasteiger partial charge is 0.343 e. The number of esters is 1. The summed E-state index contributed by atoms with van der Waals surface area (Å²) >= 11 is 0. The molecular formula is C37H33NO4. The molecule has 1 aliphatic rings. The largest absolute Gasteiger partial charge is 0.492 e. The number of carbonyl (C=O) groups is 2. The lowest BCUT2D eigenvalue weighted by molar-refractivity contribution is 0.0734. The predicted octanol–water partition coefficient (Wildman–Crippen LogP) is 7.74. The van der Waals surface area contributed by atoms with E-state index in [-0.39, 0.29) is 5.78 Å². The van der Waals surface area contributed by atoms with E-state index in [1.807, 2.05) is 97.9 Å². The topological polar surface area (TPSA) is 55.8 Å². The SMILES string of the molecule is Cc1ccc(C(=O)Oc2cccc(-c3ccc4ccccc4c3C(=O)c3ccc(OCCN4CCCC4)cc3)c2)cc1. The number of ether oxygens (including phenoxy) is 2. The van der Waals surface area contributed by atoms with Gasteiger partial charge in [0.05, 0.1) is 5.56 Å². The Balaban J connectivity index is 1.28. The molecule has 0 radical (unpaired) electrons. The Hall–Kier alpha value is -4.74. The van der Waals surface area contributed by atoms with Gasteiger partial charge in [0.1, 0.15) is 18.1 Å². The van der Waals surface area contributed by atoms with Crippen LogP contribution in [-0.2, 0) is 0 Å². The van der Waals surface area contributed by atoms with E-state index in [1.54, 1.807) is 18.2 Å². The first-order valence-electron chi connectivity index (χ1n) is 14.5. The summed E-state index contributed by atoms with van der Waals surface area (Å²) in [6.45, 7) is 5.80. The average molecular weight is 556 g/mol. The summed E-state index contributed by atoms with van der Waals surface area (Å²) < 4.78 is 11.7. The second-order valence-electron chi connectivity index (χ2n) is 10.7. The van der Waals surface area contributed by atoms with Crippen LogP contribution >= 0.6 is 0 Å². The third-order valence-corrected chi connectivity index (χ3v) is 7.79. The van der Waals surface area contributed by atoms with Gasteiger partial charge in [0.15, 0.2) is 5.78 Å². The molecule has 5 heteroatoms. The Morgan fingerprint density at radius 2 is 1.48 bits per heavy atom. The number of rotatable bonds is 9. The van der Waals surface area contributed by atoms with Crippen molar-refractivity contribution in [3.8, 4) is 22.6 Å². The summed E-state index contributed by atoms with van der Waals surface area (Å²) in [7, 11) is 0. The van der Waals surface area contributed by atoms with Gasteiger partial charge >= 0.3 is 5.97 Å². The second kappa shape index (κ2) is 12.4. The number of ketones is 1. The molecule has 0 unspecified atom stereocenters. The van der Waals surface area contributed by atoms with E-state index in [0.717, 1.165) is 52.8 Å². The molecule has 1 aliphatic heterocycles. The normalized spacial score (nSPS) is 13.3. The lowest BCUT2D eigenvalue weighted by Gasteiger charge is -2.15. The molecule has 0 atom stereocenters. The van der Waals surface area contributed by atoms with Crippen LogP contribution in [0.5, 0.6) is 11.5 Å². The second-order valence-corrected chi connectivity index (χ2v) is 10.7. The molecule has 42 heavy (non-hydrogen) atoms. The standard InChI is InChI=1S/C37H33NO4/c1-26-11-13-29(14-12-26)37(40)42-32-9-6-8-30(25-32)34-20-17-27-7-2-3-10-33(27)35(34)36(39)28-15-18-31(19-16-28)41-24-23-38-21-4-5-22-38/h2-3,6-20,25H,4-5,21-24H2,1H3. The highest BCUT2D eigenvalue weighted by Gasteiger charge is 2.20. The molecule has 0 aromatic heterocycles. The highest BCUT2D eigenvalue weighted by molar-refractivity contribution is 6.20. The number of carbonyl (C=O) groups excluding carboxylic acids is 2. The monoisotopic (exact) mass is 555 g/mol. The van der Waals surface area contributed by atoms with Gasteiger partial charge < -0.3 is 9.47 Å². The molecule has 1 heterocycles. The molecule has 1 fully saturated rings. The van der Waals surface area contributed by atoms with Crippen LogP contribution in [0.4, 0.5) is 0 Å².